The van der Waals surface area contributed by atoms with Gasteiger partial charge in [-0.2, -0.15) is 0 Å². The van der Waals surface area contributed by atoms with Crippen LogP contribution in [0.4, 0.5) is 11.4 Å². The lowest BCUT2D eigenvalue weighted by Crippen LogP contribution is -2.30. The highest BCUT2D eigenvalue weighted by Gasteiger charge is 2.24. The van der Waals surface area contributed by atoms with Crippen molar-refractivity contribution in [2.75, 3.05) is 24.9 Å². The number of rotatable bonds is 12. The molecule has 0 saturated heterocycles. The van der Waals surface area contributed by atoms with Crippen LogP contribution in [0.3, 0.4) is 0 Å². The van der Waals surface area contributed by atoms with Crippen molar-refractivity contribution in [3.63, 3.8) is 0 Å². The molecule has 0 spiro atoms. The van der Waals surface area contributed by atoms with Gasteiger partial charge in [-0.3, -0.25) is 14.4 Å². The fraction of sp³-hybridized carbons (Fsp3) is 0.0750. The summed E-state index contributed by atoms with van der Waals surface area (Å²) in [6, 6.07) is 38.3. The summed E-state index contributed by atoms with van der Waals surface area (Å²) >= 11 is 1.37. The Morgan fingerprint density at radius 1 is 0.760 bits per heavy atom. The van der Waals surface area contributed by atoms with E-state index >= 15 is 0 Å². The Bertz CT molecular complexity index is 2150. The Labute approximate surface area is 293 Å². The van der Waals surface area contributed by atoms with Crippen molar-refractivity contribution in [3.05, 3.63) is 156 Å². The third-order valence-corrected chi connectivity index (χ3v) is 9.09. The minimum atomic E-state index is -0.605. The molecule has 1 atom stereocenters. The third kappa shape index (κ3) is 8.05. The van der Waals surface area contributed by atoms with Gasteiger partial charge in [0, 0.05) is 44.9 Å². The minimum Gasteiger partial charge on any atom is -0.497 e. The van der Waals surface area contributed by atoms with Crippen molar-refractivity contribution < 1.29 is 23.9 Å². The fourth-order valence-corrected chi connectivity index (χ4v) is 6.30. The van der Waals surface area contributed by atoms with E-state index in [1.807, 2.05) is 72.8 Å². The van der Waals surface area contributed by atoms with Crippen molar-refractivity contribution in [1.29, 1.82) is 0 Å². The third-order valence-electron chi connectivity index (χ3n) is 7.82. The normalized spacial score (nSPS) is 11.8. The van der Waals surface area contributed by atoms with Gasteiger partial charge >= 0.3 is 0 Å². The van der Waals surface area contributed by atoms with Gasteiger partial charge in [-0.1, -0.05) is 66.7 Å². The molecule has 1 heterocycles. The second-order valence-corrected chi connectivity index (χ2v) is 12.3. The highest BCUT2D eigenvalue weighted by atomic mass is 32.2. The molecule has 0 radical (unpaired) electrons. The average molecular weight is 683 g/mol. The first-order chi connectivity index (χ1) is 24.4. The molecule has 5 aromatic carbocycles. The molecule has 0 aliphatic carbocycles. The molecule has 0 fully saturated rings. The van der Waals surface area contributed by atoms with Crippen LogP contribution < -0.4 is 25.4 Å². The van der Waals surface area contributed by atoms with E-state index in [0.29, 0.717) is 28.4 Å². The molecule has 0 aliphatic heterocycles. The monoisotopic (exact) mass is 682 g/mol. The number of ether oxygens (including phenoxy) is 2. The number of hydrogen-bond donors (Lipinski definition) is 4. The highest BCUT2D eigenvalue weighted by Crippen LogP contribution is 2.38. The summed E-state index contributed by atoms with van der Waals surface area (Å²) in [5.41, 5.74) is 3.99. The molecule has 6 rings (SSSR count). The van der Waals surface area contributed by atoms with E-state index in [4.69, 9.17) is 9.47 Å². The number of nitrogens with one attached hydrogen (secondary N) is 4. The summed E-state index contributed by atoms with van der Waals surface area (Å²) < 4.78 is 10.8. The summed E-state index contributed by atoms with van der Waals surface area (Å²) in [7, 11) is 3.10. The van der Waals surface area contributed by atoms with Crippen molar-refractivity contribution in [2.24, 2.45) is 0 Å². The number of carbonyl (C=O) groups excluding carboxylic acids is 3. The predicted octanol–water partition coefficient (Wildman–Crippen LogP) is 8.07. The smallest absolute Gasteiger partial charge is 0.272 e. The first kappa shape index (κ1) is 33.6. The van der Waals surface area contributed by atoms with Crippen LogP contribution in [-0.2, 0) is 9.59 Å². The van der Waals surface area contributed by atoms with Crippen molar-refractivity contribution in [3.8, 4) is 11.5 Å². The number of aromatic nitrogens is 1. The lowest BCUT2D eigenvalue weighted by molar-refractivity contribution is -0.116. The van der Waals surface area contributed by atoms with Gasteiger partial charge in [0.2, 0.25) is 5.91 Å². The second-order valence-electron chi connectivity index (χ2n) is 11.1. The van der Waals surface area contributed by atoms with Crippen molar-refractivity contribution >= 4 is 57.8 Å². The number of methoxy groups -OCH3 is 2. The summed E-state index contributed by atoms with van der Waals surface area (Å²) in [6.07, 6.45) is 3.45. The van der Waals surface area contributed by atoms with Crippen LogP contribution in [0, 0.1) is 0 Å². The fourth-order valence-electron chi connectivity index (χ4n) is 5.27. The van der Waals surface area contributed by atoms with Gasteiger partial charge < -0.3 is 30.4 Å². The number of carbonyl (C=O) groups is 3. The van der Waals surface area contributed by atoms with Crippen LogP contribution in [-0.4, -0.2) is 36.9 Å². The molecule has 9 nitrogen and oxygen atoms in total. The summed E-state index contributed by atoms with van der Waals surface area (Å²) in [6.45, 7) is 0. The Balaban J connectivity index is 1.22. The minimum absolute atomic E-state index is 0.0795. The largest absolute Gasteiger partial charge is 0.497 e. The topological polar surface area (TPSA) is 122 Å². The Morgan fingerprint density at radius 2 is 1.46 bits per heavy atom. The van der Waals surface area contributed by atoms with Crippen LogP contribution in [0.5, 0.6) is 11.5 Å². The maximum absolute atomic E-state index is 13.7. The number of para-hydroxylation sites is 1. The van der Waals surface area contributed by atoms with Gasteiger partial charge in [0.25, 0.3) is 11.8 Å². The van der Waals surface area contributed by atoms with Crippen LogP contribution in [0.1, 0.15) is 26.7 Å². The number of thioether (sulfide) groups is 1. The van der Waals surface area contributed by atoms with E-state index in [1.54, 1.807) is 81.1 Å². The van der Waals surface area contributed by atoms with Gasteiger partial charge in [0.15, 0.2) is 0 Å². The number of fused-ring (bicyclic) bond motifs is 1. The summed E-state index contributed by atoms with van der Waals surface area (Å²) in [5, 5.41) is 9.00. The molecular formula is C40H34N4O5S. The molecule has 0 unspecified atom stereocenters. The first-order valence-corrected chi connectivity index (χ1v) is 16.6. The molecule has 0 aliphatic rings. The second kappa shape index (κ2) is 15.8. The van der Waals surface area contributed by atoms with Gasteiger partial charge in [0.05, 0.1) is 19.9 Å². The van der Waals surface area contributed by atoms with Crippen LogP contribution in [0.15, 0.2) is 144 Å². The van der Waals surface area contributed by atoms with E-state index in [9.17, 15) is 14.4 Å². The lowest BCUT2D eigenvalue weighted by atomic mass is 10.1. The van der Waals surface area contributed by atoms with Crippen LogP contribution in [0.25, 0.3) is 17.0 Å². The van der Waals surface area contributed by atoms with Crippen LogP contribution in [0.2, 0.25) is 0 Å². The van der Waals surface area contributed by atoms with Gasteiger partial charge in [-0.25, -0.2) is 0 Å². The Hall–Kier alpha value is -6.26. The molecule has 1 aromatic heterocycles. The zero-order chi connectivity index (χ0) is 34.9. The first-order valence-electron chi connectivity index (χ1n) is 15.7. The van der Waals surface area contributed by atoms with Gasteiger partial charge in [-0.05, 0) is 66.2 Å². The van der Waals surface area contributed by atoms with E-state index in [2.05, 4.69) is 20.9 Å². The van der Waals surface area contributed by atoms with Crippen molar-refractivity contribution in [1.82, 2.24) is 10.3 Å². The average Bonchev–Trinajstić information content (AvgIpc) is 3.57. The standard InChI is InChI=1S/C40H34N4O5S/c1-48-30-19-22-36(49-2)34(24-30)43-40(47)37(26-11-5-3-6-12-26)50-31-20-17-29(18-21-31)42-39(46)35(44-38(45)27-13-7-4-8-14-27)23-28-25-41-33-16-10-9-15-32(28)33/h3-25,37,41H,1-2H3,(H,42,46)(H,43,47)(H,44,45)/b35-23-/t37-/m0/s1. The van der Waals surface area contributed by atoms with Gasteiger partial charge in [-0.15, -0.1) is 11.8 Å². The quantitative estimate of drug-likeness (QED) is 0.0766. The SMILES string of the molecule is COc1ccc(OC)c(NC(=O)[C@@H](Sc2ccc(NC(=O)/C(=C/c3c[nH]c4ccccc34)NC(=O)c3ccccc3)cc2)c2ccccc2)c1. The molecule has 250 valence electrons. The van der Waals surface area contributed by atoms with Crippen LogP contribution >= 0.6 is 11.8 Å². The molecule has 10 heteroatoms. The lowest BCUT2D eigenvalue weighted by Gasteiger charge is -2.19. The molecule has 50 heavy (non-hydrogen) atoms. The molecular weight excluding hydrogens is 649 g/mol. The zero-order valence-corrected chi connectivity index (χ0v) is 28.1. The van der Waals surface area contributed by atoms with E-state index in [-0.39, 0.29) is 11.6 Å². The number of H-pyrrole nitrogens is 1. The van der Waals surface area contributed by atoms with E-state index < -0.39 is 17.1 Å². The number of anilines is 2. The predicted molar refractivity (Wildman–Crippen MR) is 198 cm³/mol. The maximum Gasteiger partial charge on any atom is 0.272 e. The zero-order valence-electron chi connectivity index (χ0n) is 27.3. The summed E-state index contributed by atoms with van der Waals surface area (Å²) in [4.78, 5) is 44.5. The molecule has 6 aromatic rings. The number of aromatic amines is 1. The highest BCUT2D eigenvalue weighted by molar-refractivity contribution is 8.00. The van der Waals surface area contributed by atoms with E-state index in [1.165, 1.54) is 11.8 Å². The Morgan fingerprint density at radius 3 is 2.18 bits per heavy atom. The number of benzene rings is 5. The molecule has 4 N–H and O–H groups in total. The molecule has 3 amide bonds. The number of amides is 3. The summed E-state index contributed by atoms with van der Waals surface area (Å²) in [5.74, 6) is -0.0497. The Kier molecular flexibility index (Phi) is 10.6. The number of hydrogen-bond acceptors (Lipinski definition) is 6. The molecule has 0 bridgehead atoms. The van der Waals surface area contributed by atoms with Crippen molar-refractivity contribution in [2.45, 2.75) is 10.1 Å². The molecule has 0 saturated carbocycles. The maximum atomic E-state index is 13.7. The van der Waals surface area contributed by atoms with E-state index in [0.717, 1.165) is 26.9 Å². The van der Waals surface area contributed by atoms with Gasteiger partial charge in [0.1, 0.15) is 22.4 Å².